The van der Waals surface area contributed by atoms with E-state index in [1.165, 1.54) is 30.5 Å². The lowest BCUT2D eigenvalue weighted by Gasteiger charge is -2.20. The number of halogens is 1. The second-order valence-electron chi connectivity index (χ2n) is 7.87. The molecule has 0 aliphatic carbocycles. The topological polar surface area (TPSA) is 21.7 Å². The van der Waals surface area contributed by atoms with Gasteiger partial charge in [-0.3, -0.25) is 0 Å². The van der Waals surface area contributed by atoms with Crippen molar-refractivity contribution in [2.24, 2.45) is 0 Å². The Hall–Kier alpha value is -1.71. The molecule has 1 fully saturated rings. The summed E-state index contributed by atoms with van der Waals surface area (Å²) in [7, 11) is 2.23. The first-order valence-corrected chi connectivity index (χ1v) is 10.9. The Morgan fingerprint density at radius 1 is 1.00 bits per heavy atom. The lowest BCUT2D eigenvalue weighted by molar-refractivity contribution is 0.232. The molecule has 1 heterocycles. The zero-order valence-corrected chi connectivity index (χ0v) is 18.8. The molecular formula is C25H36ClNO2. The van der Waals surface area contributed by atoms with Crippen molar-refractivity contribution < 1.29 is 9.47 Å². The molecule has 160 valence electrons. The average Bonchev–Trinajstić information content (AvgIpc) is 3.13. The van der Waals surface area contributed by atoms with Crippen LogP contribution < -0.4 is 9.47 Å². The van der Waals surface area contributed by atoms with Gasteiger partial charge in [0.25, 0.3) is 0 Å². The molecule has 1 saturated heterocycles. The summed E-state index contributed by atoms with van der Waals surface area (Å²) in [6, 6.07) is 17.7. The van der Waals surface area contributed by atoms with Gasteiger partial charge in [-0.2, -0.15) is 0 Å². The second kappa shape index (κ2) is 12.8. The van der Waals surface area contributed by atoms with Gasteiger partial charge >= 0.3 is 0 Å². The smallest absolute Gasteiger partial charge is 0.122 e. The summed E-state index contributed by atoms with van der Waals surface area (Å²) in [6.07, 6.45) is 7.93. The molecule has 0 N–H and O–H groups in total. The summed E-state index contributed by atoms with van der Waals surface area (Å²) in [5, 5.41) is 0. The molecular weight excluding hydrogens is 382 g/mol. The Bertz CT molecular complexity index is 707. The van der Waals surface area contributed by atoms with Gasteiger partial charge in [0.15, 0.2) is 0 Å². The maximum atomic E-state index is 6.23. The zero-order chi connectivity index (χ0) is 19.6. The fourth-order valence-electron chi connectivity index (χ4n) is 3.89. The third-order valence-electron chi connectivity index (χ3n) is 5.70. The van der Waals surface area contributed by atoms with E-state index in [2.05, 4.69) is 67.4 Å². The highest BCUT2D eigenvalue weighted by atomic mass is 35.5. The molecule has 2 aromatic carbocycles. The van der Waals surface area contributed by atoms with Crippen LogP contribution in [0.4, 0.5) is 0 Å². The number of hydrogen-bond donors (Lipinski definition) is 0. The summed E-state index contributed by atoms with van der Waals surface area (Å²) in [4.78, 5) is 2.46. The Morgan fingerprint density at radius 2 is 1.83 bits per heavy atom. The van der Waals surface area contributed by atoms with Gasteiger partial charge in [-0.25, -0.2) is 0 Å². The van der Waals surface area contributed by atoms with E-state index in [4.69, 9.17) is 9.47 Å². The molecule has 1 aliphatic rings. The lowest BCUT2D eigenvalue weighted by atomic mass is 10.0. The van der Waals surface area contributed by atoms with Crippen LogP contribution in [0.25, 0.3) is 0 Å². The van der Waals surface area contributed by atoms with Crippen molar-refractivity contribution in [2.75, 3.05) is 26.8 Å². The Kier molecular flexibility index (Phi) is 10.4. The second-order valence-corrected chi connectivity index (χ2v) is 7.87. The summed E-state index contributed by atoms with van der Waals surface area (Å²) >= 11 is 0. The maximum Gasteiger partial charge on any atom is 0.122 e. The Morgan fingerprint density at radius 3 is 2.55 bits per heavy atom. The maximum absolute atomic E-state index is 6.23. The molecule has 1 atom stereocenters. The van der Waals surface area contributed by atoms with E-state index in [1.807, 2.05) is 0 Å². The highest BCUT2D eigenvalue weighted by Gasteiger charge is 2.20. The van der Waals surface area contributed by atoms with Crippen LogP contribution in [0.15, 0.2) is 48.5 Å². The summed E-state index contributed by atoms with van der Waals surface area (Å²) in [5.41, 5.74) is 2.61. The van der Waals surface area contributed by atoms with Gasteiger partial charge in [0.05, 0.1) is 13.2 Å². The largest absolute Gasteiger partial charge is 0.494 e. The Labute approximate surface area is 182 Å². The van der Waals surface area contributed by atoms with E-state index < -0.39 is 0 Å². The monoisotopic (exact) mass is 417 g/mol. The lowest BCUT2D eigenvalue weighted by Crippen LogP contribution is -2.26. The van der Waals surface area contributed by atoms with Crippen LogP contribution in [-0.4, -0.2) is 37.7 Å². The molecule has 3 nitrogen and oxygen atoms in total. The fraction of sp³-hybridized carbons (Fsp3) is 0.520. The molecule has 1 unspecified atom stereocenters. The van der Waals surface area contributed by atoms with Gasteiger partial charge in [0, 0.05) is 6.04 Å². The minimum absolute atomic E-state index is 0. The number of nitrogens with zero attached hydrogens (tertiary/aromatic N) is 1. The molecule has 0 aromatic heterocycles. The van der Waals surface area contributed by atoms with Crippen LogP contribution in [0.2, 0.25) is 0 Å². The average molecular weight is 418 g/mol. The molecule has 0 saturated carbocycles. The van der Waals surface area contributed by atoms with Crippen LogP contribution in [0.3, 0.4) is 0 Å². The van der Waals surface area contributed by atoms with Crippen LogP contribution >= 0.6 is 12.4 Å². The quantitative estimate of drug-likeness (QED) is 0.422. The van der Waals surface area contributed by atoms with E-state index in [0.717, 1.165) is 56.8 Å². The number of benzene rings is 2. The standard InChI is InChI=1S/C25H35NO2.ClH/c1-3-4-18-27-24-14-15-25(28-19-16-23-11-8-17-26(23)2)22(20-24)13-12-21-9-6-5-7-10-21;/h5-7,9-10,14-15,20,23H,3-4,8,11-13,16-19H2,1-2H3;1H. The van der Waals surface area contributed by atoms with Crippen molar-refractivity contribution in [3.63, 3.8) is 0 Å². The molecule has 0 radical (unpaired) electrons. The van der Waals surface area contributed by atoms with Gasteiger partial charge in [0.1, 0.15) is 11.5 Å². The van der Waals surface area contributed by atoms with Crippen LogP contribution in [-0.2, 0) is 12.8 Å². The predicted molar refractivity (Wildman–Crippen MR) is 124 cm³/mol. The highest BCUT2D eigenvalue weighted by Crippen LogP contribution is 2.27. The predicted octanol–water partition coefficient (Wildman–Crippen LogP) is 5.94. The SMILES string of the molecule is CCCCOc1ccc(OCCC2CCCN2C)c(CCc2ccccc2)c1.Cl. The third kappa shape index (κ3) is 7.56. The Balaban J connectivity index is 0.00000300. The number of hydrogen-bond acceptors (Lipinski definition) is 3. The summed E-state index contributed by atoms with van der Waals surface area (Å²) < 4.78 is 12.2. The number of unbranched alkanes of at least 4 members (excludes halogenated alkanes) is 1. The van der Waals surface area contributed by atoms with E-state index in [0.29, 0.717) is 6.04 Å². The van der Waals surface area contributed by atoms with Crippen molar-refractivity contribution in [2.45, 2.75) is 57.9 Å². The minimum Gasteiger partial charge on any atom is -0.494 e. The van der Waals surface area contributed by atoms with Crippen molar-refractivity contribution in [3.05, 3.63) is 59.7 Å². The zero-order valence-electron chi connectivity index (χ0n) is 17.9. The van der Waals surface area contributed by atoms with Gasteiger partial charge in [-0.05, 0) is 81.4 Å². The van der Waals surface area contributed by atoms with Crippen molar-refractivity contribution in [3.8, 4) is 11.5 Å². The molecule has 2 aromatic rings. The first kappa shape index (κ1) is 23.6. The summed E-state index contributed by atoms with van der Waals surface area (Å²) in [5.74, 6) is 1.97. The molecule has 0 bridgehead atoms. The van der Waals surface area contributed by atoms with Gasteiger partial charge in [0.2, 0.25) is 0 Å². The first-order valence-electron chi connectivity index (χ1n) is 10.9. The van der Waals surface area contributed by atoms with Crippen molar-refractivity contribution in [1.29, 1.82) is 0 Å². The first-order chi connectivity index (χ1) is 13.8. The minimum atomic E-state index is 0. The number of rotatable bonds is 11. The number of aryl methyl sites for hydroxylation is 2. The van der Waals surface area contributed by atoms with Crippen molar-refractivity contribution in [1.82, 2.24) is 4.90 Å². The van der Waals surface area contributed by atoms with E-state index >= 15 is 0 Å². The fourth-order valence-corrected chi connectivity index (χ4v) is 3.89. The number of likely N-dealkylation sites (tertiary alicyclic amines) is 1. The van der Waals surface area contributed by atoms with Crippen LogP contribution in [0.5, 0.6) is 11.5 Å². The molecule has 1 aliphatic heterocycles. The van der Waals surface area contributed by atoms with Gasteiger partial charge in [-0.1, -0.05) is 43.7 Å². The molecule has 4 heteroatoms. The number of ether oxygens (including phenoxy) is 2. The highest BCUT2D eigenvalue weighted by molar-refractivity contribution is 5.85. The normalized spacial score (nSPS) is 16.4. The van der Waals surface area contributed by atoms with Crippen molar-refractivity contribution >= 4 is 12.4 Å². The summed E-state index contributed by atoms with van der Waals surface area (Å²) in [6.45, 7) is 4.97. The molecule has 29 heavy (non-hydrogen) atoms. The van der Waals surface area contributed by atoms with E-state index in [-0.39, 0.29) is 12.4 Å². The van der Waals surface area contributed by atoms with Gasteiger partial charge < -0.3 is 14.4 Å². The third-order valence-corrected chi connectivity index (χ3v) is 5.70. The van der Waals surface area contributed by atoms with E-state index in [9.17, 15) is 0 Å². The van der Waals surface area contributed by atoms with Gasteiger partial charge in [-0.15, -0.1) is 12.4 Å². The molecule has 3 rings (SSSR count). The van der Waals surface area contributed by atoms with Crippen LogP contribution in [0, 0.1) is 0 Å². The van der Waals surface area contributed by atoms with Crippen LogP contribution in [0.1, 0.15) is 50.2 Å². The van der Waals surface area contributed by atoms with E-state index in [1.54, 1.807) is 0 Å². The molecule has 0 amide bonds. The molecule has 0 spiro atoms.